The molecule has 8 heteroatoms. The monoisotopic (exact) mass is 408 g/mol. The van der Waals surface area contributed by atoms with Crippen LogP contribution in [0, 0.1) is 0 Å². The van der Waals surface area contributed by atoms with Gasteiger partial charge in [0.15, 0.2) is 5.96 Å². The van der Waals surface area contributed by atoms with Crippen molar-refractivity contribution in [1.82, 2.24) is 15.6 Å². The average Bonchev–Trinajstić information content (AvgIpc) is 2.70. The van der Waals surface area contributed by atoms with E-state index in [9.17, 15) is 0 Å². The molecule has 2 aromatic rings. The summed E-state index contributed by atoms with van der Waals surface area (Å²) in [5.41, 5.74) is 0.965. The molecule has 0 aliphatic carbocycles. The van der Waals surface area contributed by atoms with Gasteiger partial charge in [0.25, 0.3) is 0 Å². The molecule has 2 N–H and O–H groups in total. The smallest absolute Gasteiger partial charge is 0.218 e. The summed E-state index contributed by atoms with van der Waals surface area (Å²) in [6.45, 7) is 2.35. The summed E-state index contributed by atoms with van der Waals surface area (Å²) in [6, 6.07) is 11.7. The van der Waals surface area contributed by atoms with Gasteiger partial charge in [0.2, 0.25) is 5.88 Å². The Labute approximate surface area is 169 Å². The molecule has 1 heterocycles. The predicted molar refractivity (Wildman–Crippen MR) is 112 cm³/mol. The van der Waals surface area contributed by atoms with Crippen molar-refractivity contribution in [1.29, 1.82) is 0 Å². The number of aromatic nitrogens is 1. The third-order valence-electron chi connectivity index (χ3n) is 3.52. The fraction of sp³-hybridized carbons (Fsp3) is 0.368. The Morgan fingerprint density at radius 3 is 2.74 bits per heavy atom. The van der Waals surface area contributed by atoms with Crippen molar-refractivity contribution in [3.8, 4) is 5.88 Å². The summed E-state index contributed by atoms with van der Waals surface area (Å²) in [5.74, 6) is 2.26. The van der Waals surface area contributed by atoms with Crippen molar-refractivity contribution >= 4 is 29.3 Å². The van der Waals surface area contributed by atoms with Crippen LogP contribution in [0.2, 0.25) is 5.02 Å². The van der Waals surface area contributed by atoms with Crippen LogP contribution < -0.4 is 15.4 Å². The lowest BCUT2D eigenvalue weighted by atomic mass is 10.2. The molecule has 0 saturated carbocycles. The highest BCUT2D eigenvalue weighted by atomic mass is 35.5. The Kier molecular flexibility index (Phi) is 9.83. The van der Waals surface area contributed by atoms with Crippen LogP contribution in [0.25, 0.3) is 0 Å². The first-order valence-electron chi connectivity index (χ1n) is 8.61. The zero-order chi connectivity index (χ0) is 19.3. The standard InChI is InChI=1S/C19H25ClN4O2S/c1-21-19(23-10-13-27-17-7-5-16(20)6-8-17)24-14-15-4-3-9-22-18(15)26-12-11-25-2/h3-9H,10-14H2,1-2H3,(H2,21,23,24). The fourth-order valence-electron chi connectivity index (χ4n) is 2.18. The summed E-state index contributed by atoms with van der Waals surface area (Å²) >= 11 is 7.66. The molecule has 0 fully saturated rings. The van der Waals surface area contributed by atoms with E-state index in [-0.39, 0.29) is 0 Å². The second kappa shape index (κ2) is 12.4. The van der Waals surface area contributed by atoms with Crippen LogP contribution in [0.15, 0.2) is 52.5 Å². The van der Waals surface area contributed by atoms with Crippen molar-refractivity contribution in [3.05, 3.63) is 53.2 Å². The minimum absolute atomic E-state index is 0.468. The molecule has 0 aliphatic rings. The number of hydrogen-bond donors (Lipinski definition) is 2. The molecule has 0 saturated heterocycles. The molecule has 0 radical (unpaired) electrons. The van der Waals surface area contributed by atoms with Crippen molar-refractivity contribution in [2.24, 2.45) is 4.99 Å². The summed E-state index contributed by atoms with van der Waals surface area (Å²) in [5, 5.41) is 7.34. The van der Waals surface area contributed by atoms with Gasteiger partial charge in [0.05, 0.1) is 6.61 Å². The lowest BCUT2D eigenvalue weighted by Gasteiger charge is -2.14. The normalized spacial score (nSPS) is 11.3. The molecule has 0 amide bonds. The van der Waals surface area contributed by atoms with Crippen LogP contribution in [-0.2, 0) is 11.3 Å². The zero-order valence-electron chi connectivity index (χ0n) is 15.6. The quantitative estimate of drug-likeness (QED) is 0.272. The Balaban J connectivity index is 1.74. The maximum atomic E-state index is 5.90. The summed E-state index contributed by atoms with van der Waals surface area (Å²) in [7, 11) is 3.39. The van der Waals surface area contributed by atoms with Crippen LogP contribution in [0.4, 0.5) is 0 Å². The molecule has 6 nitrogen and oxygen atoms in total. The molecule has 0 atom stereocenters. The van der Waals surface area contributed by atoms with Gasteiger partial charge in [-0.25, -0.2) is 4.98 Å². The van der Waals surface area contributed by atoms with E-state index in [0.717, 1.165) is 28.8 Å². The summed E-state index contributed by atoms with van der Waals surface area (Å²) < 4.78 is 10.7. The fourth-order valence-corrected chi connectivity index (χ4v) is 3.07. The van der Waals surface area contributed by atoms with Crippen molar-refractivity contribution in [3.63, 3.8) is 0 Å². The molecule has 2 rings (SSSR count). The Bertz CT molecular complexity index is 713. The number of halogens is 1. The van der Waals surface area contributed by atoms with E-state index >= 15 is 0 Å². The number of nitrogens with zero attached hydrogens (tertiary/aromatic N) is 2. The third kappa shape index (κ3) is 8.07. The average molecular weight is 409 g/mol. The highest BCUT2D eigenvalue weighted by Crippen LogP contribution is 2.19. The van der Waals surface area contributed by atoms with Gasteiger partial charge in [-0.15, -0.1) is 11.8 Å². The Morgan fingerprint density at radius 1 is 1.19 bits per heavy atom. The SMILES string of the molecule is CN=C(NCCSc1ccc(Cl)cc1)NCc1cccnc1OCCOC. The van der Waals surface area contributed by atoms with Crippen LogP contribution in [0.3, 0.4) is 0 Å². The molecular weight excluding hydrogens is 384 g/mol. The maximum Gasteiger partial charge on any atom is 0.218 e. The molecule has 0 unspecified atom stereocenters. The van der Waals surface area contributed by atoms with Crippen LogP contribution >= 0.6 is 23.4 Å². The third-order valence-corrected chi connectivity index (χ3v) is 4.79. The number of rotatable bonds is 10. The van der Waals surface area contributed by atoms with Crippen molar-refractivity contribution < 1.29 is 9.47 Å². The van der Waals surface area contributed by atoms with Gasteiger partial charge in [0.1, 0.15) is 6.61 Å². The first-order chi connectivity index (χ1) is 13.2. The van der Waals surface area contributed by atoms with Gasteiger partial charge in [-0.05, 0) is 30.3 Å². The molecule has 0 spiro atoms. The second-order valence-electron chi connectivity index (χ2n) is 5.46. The van der Waals surface area contributed by atoms with Gasteiger partial charge in [-0.3, -0.25) is 4.99 Å². The highest BCUT2D eigenvalue weighted by molar-refractivity contribution is 7.99. The lowest BCUT2D eigenvalue weighted by Crippen LogP contribution is -2.38. The number of methoxy groups -OCH3 is 1. The maximum absolute atomic E-state index is 5.90. The Hall–Kier alpha value is -1.96. The van der Waals surface area contributed by atoms with Gasteiger partial charge in [-0.2, -0.15) is 0 Å². The van der Waals surface area contributed by atoms with E-state index in [1.807, 2.05) is 36.4 Å². The van der Waals surface area contributed by atoms with E-state index in [4.69, 9.17) is 21.1 Å². The molecule has 146 valence electrons. The number of thioether (sulfide) groups is 1. The van der Waals surface area contributed by atoms with Crippen LogP contribution in [-0.4, -0.2) is 50.6 Å². The lowest BCUT2D eigenvalue weighted by molar-refractivity contribution is 0.143. The molecule has 0 aliphatic heterocycles. The predicted octanol–water partition coefficient (Wildman–Crippen LogP) is 3.22. The van der Waals surface area contributed by atoms with E-state index in [1.165, 1.54) is 4.90 Å². The summed E-state index contributed by atoms with van der Waals surface area (Å²) in [4.78, 5) is 9.72. The minimum atomic E-state index is 0.468. The van der Waals surface area contributed by atoms with E-state index < -0.39 is 0 Å². The number of benzene rings is 1. The van der Waals surface area contributed by atoms with E-state index in [1.54, 1.807) is 32.1 Å². The minimum Gasteiger partial charge on any atom is -0.475 e. The zero-order valence-corrected chi connectivity index (χ0v) is 17.1. The Morgan fingerprint density at radius 2 is 2.00 bits per heavy atom. The first-order valence-corrected chi connectivity index (χ1v) is 9.98. The number of pyridine rings is 1. The largest absolute Gasteiger partial charge is 0.475 e. The number of guanidine groups is 1. The summed E-state index contributed by atoms with van der Waals surface area (Å²) in [6.07, 6.45) is 1.71. The number of nitrogens with one attached hydrogen (secondary N) is 2. The molecule has 1 aromatic carbocycles. The van der Waals surface area contributed by atoms with Crippen LogP contribution in [0.1, 0.15) is 5.56 Å². The van der Waals surface area contributed by atoms with Crippen LogP contribution in [0.5, 0.6) is 5.88 Å². The topological polar surface area (TPSA) is 67.8 Å². The van der Waals surface area contributed by atoms with Gasteiger partial charge >= 0.3 is 0 Å². The van der Waals surface area contributed by atoms with Gasteiger partial charge < -0.3 is 20.1 Å². The molecule has 1 aromatic heterocycles. The molecule has 0 bridgehead atoms. The number of ether oxygens (including phenoxy) is 2. The van der Waals surface area contributed by atoms with Crippen molar-refractivity contribution in [2.75, 3.05) is 39.7 Å². The molecular formula is C19H25ClN4O2S. The van der Waals surface area contributed by atoms with E-state index in [2.05, 4.69) is 20.6 Å². The van der Waals surface area contributed by atoms with Gasteiger partial charge in [-0.1, -0.05) is 17.7 Å². The number of aliphatic imine (C=N–C) groups is 1. The highest BCUT2D eigenvalue weighted by Gasteiger charge is 2.06. The van der Waals surface area contributed by atoms with E-state index in [0.29, 0.717) is 25.6 Å². The second-order valence-corrected chi connectivity index (χ2v) is 7.07. The van der Waals surface area contributed by atoms with Gasteiger partial charge in [0, 0.05) is 54.7 Å². The number of hydrogen-bond acceptors (Lipinski definition) is 5. The van der Waals surface area contributed by atoms with Crippen molar-refractivity contribution in [2.45, 2.75) is 11.4 Å². The molecule has 27 heavy (non-hydrogen) atoms. The first kappa shape index (κ1) is 21.3.